The minimum absolute atomic E-state index is 0.391. The molecule has 0 atom stereocenters. The van der Waals surface area contributed by atoms with E-state index in [1.807, 2.05) is 0 Å². The van der Waals surface area contributed by atoms with Gasteiger partial charge in [0.15, 0.2) is 11.6 Å². The topological polar surface area (TPSA) is 0 Å². The average molecular weight is 260 g/mol. The van der Waals surface area contributed by atoms with Crippen LogP contribution in [0.15, 0.2) is 0 Å². The molecule has 0 aliphatic rings. The smallest absolute Gasteiger partial charge is 0.183 e. The van der Waals surface area contributed by atoms with Gasteiger partial charge in [-0.05, 0) is 29.5 Å². The summed E-state index contributed by atoms with van der Waals surface area (Å²) in [5.74, 6) is -1.41. The Morgan fingerprint density at radius 2 is 1.89 bits per heavy atom. The highest BCUT2D eigenvalue weighted by Crippen LogP contribution is 2.25. The molecule has 1 heterocycles. The van der Waals surface area contributed by atoms with Gasteiger partial charge in [-0.25, -0.2) is 8.78 Å². The van der Waals surface area contributed by atoms with E-state index >= 15 is 0 Å². The van der Waals surface area contributed by atoms with Crippen LogP contribution in [0.25, 0.3) is 0 Å². The summed E-state index contributed by atoms with van der Waals surface area (Å²) in [6.45, 7) is 1.56. The van der Waals surface area contributed by atoms with E-state index in [4.69, 9.17) is 0 Å². The molecule has 0 fully saturated rings. The van der Waals surface area contributed by atoms with E-state index in [9.17, 15) is 8.78 Å². The molecule has 0 saturated heterocycles. The summed E-state index contributed by atoms with van der Waals surface area (Å²) in [5.41, 5.74) is 0. The monoisotopic (exact) mass is 260 g/mol. The van der Waals surface area contributed by atoms with Gasteiger partial charge < -0.3 is 0 Å². The van der Waals surface area contributed by atoms with Gasteiger partial charge >= 0.3 is 0 Å². The van der Waals surface area contributed by atoms with Crippen LogP contribution < -0.4 is 0 Å². The lowest BCUT2D eigenvalue weighted by molar-refractivity contribution is 0.508. The third kappa shape index (κ3) is 1.24. The third-order valence-electron chi connectivity index (χ3n) is 0.917. The van der Waals surface area contributed by atoms with Gasteiger partial charge in [0.1, 0.15) is 2.88 Å². The Kier molecular flexibility index (Phi) is 2.05. The minimum atomic E-state index is -0.710. The summed E-state index contributed by atoms with van der Waals surface area (Å²) >= 11 is 2.91. The van der Waals surface area contributed by atoms with Gasteiger partial charge in [-0.3, -0.25) is 0 Å². The molecule has 50 valence electrons. The molecule has 0 amide bonds. The molecule has 0 aliphatic carbocycles. The van der Waals surface area contributed by atoms with E-state index in [1.165, 1.54) is 0 Å². The van der Waals surface area contributed by atoms with Crippen molar-refractivity contribution in [2.45, 2.75) is 6.92 Å². The molecule has 0 aromatic carbocycles. The van der Waals surface area contributed by atoms with Crippen LogP contribution in [0.4, 0.5) is 8.78 Å². The predicted molar refractivity (Wildman–Crippen MR) is 41.7 cm³/mol. The maximum absolute atomic E-state index is 12.4. The largest absolute Gasteiger partial charge is 0.202 e. The second-order valence-electron chi connectivity index (χ2n) is 1.56. The summed E-state index contributed by atoms with van der Waals surface area (Å²) in [4.78, 5) is 0.414. The normalized spacial score (nSPS) is 10.2. The molecule has 4 heteroatoms. The Bertz CT molecular complexity index is 209. The van der Waals surface area contributed by atoms with E-state index in [0.29, 0.717) is 7.76 Å². The van der Waals surface area contributed by atoms with E-state index in [0.717, 1.165) is 11.3 Å². The fourth-order valence-electron chi connectivity index (χ4n) is 0.465. The Morgan fingerprint density at radius 3 is 2.00 bits per heavy atom. The van der Waals surface area contributed by atoms with Crippen LogP contribution in [-0.2, 0) is 0 Å². The van der Waals surface area contributed by atoms with Crippen LogP contribution in [-0.4, -0.2) is 0 Å². The summed E-state index contributed by atoms with van der Waals surface area (Å²) < 4.78 is 25.2. The minimum Gasteiger partial charge on any atom is -0.202 e. The highest BCUT2D eigenvalue weighted by Gasteiger charge is 2.12. The van der Waals surface area contributed by atoms with Crippen molar-refractivity contribution in [2.24, 2.45) is 0 Å². The highest BCUT2D eigenvalue weighted by molar-refractivity contribution is 14.1. The molecule has 0 unspecified atom stereocenters. The van der Waals surface area contributed by atoms with E-state index in [-0.39, 0.29) is 0 Å². The molecule has 0 bridgehead atoms. The van der Waals surface area contributed by atoms with Crippen LogP contribution >= 0.6 is 33.9 Å². The first-order chi connectivity index (χ1) is 4.13. The van der Waals surface area contributed by atoms with E-state index < -0.39 is 11.6 Å². The fourth-order valence-corrected chi connectivity index (χ4v) is 2.32. The Hall–Kier alpha value is 0.290. The quantitative estimate of drug-likeness (QED) is 0.629. The zero-order valence-corrected chi connectivity index (χ0v) is 7.52. The van der Waals surface area contributed by atoms with Crippen LogP contribution in [0.1, 0.15) is 4.88 Å². The SMILES string of the molecule is Cc1sc(I)c(F)c1F. The number of hydrogen-bond donors (Lipinski definition) is 0. The third-order valence-corrected chi connectivity index (χ3v) is 2.90. The lowest BCUT2D eigenvalue weighted by Gasteiger charge is -1.79. The van der Waals surface area contributed by atoms with Crippen LogP contribution in [0.3, 0.4) is 0 Å². The molecule has 0 saturated carbocycles. The van der Waals surface area contributed by atoms with Gasteiger partial charge in [-0.2, -0.15) is 0 Å². The van der Waals surface area contributed by atoms with Crippen LogP contribution in [0.2, 0.25) is 0 Å². The maximum atomic E-state index is 12.4. The van der Waals surface area contributed by atoms with Crippen molar-refractivity contribution < 1.29 is 8.78 Å². The zero-order chi connectivity index (χ0) is 7.02. The molecule has 1 aromatic rings. The molecule has 1 aromatic heterocycles. The van der Waals surface area contributed by atoms with Crippen molar-refractivity contribution in [3.8, 4) is 0 Å². The zero-order valence-electron chi connectivity index (χ0n) is 4.54. The average Bonchev–Trinajstić information content (AvgIpc) is 1.98. The molecule has 0 nitrogen and oxygen atoms in total. The van der Waals surface area contributed by atoms with Crippen molar-refractivity contribution in [1.29, 1.82) is 0 Å². The van der Waals surface area contributed by atoms with Crippen molar-refractivity contribution >= 4 is 33.9 Å². The second-order valence-corrected chi connectivity index (χ2v) is 4.60. The molecular formula is C5H3F2IS. The fraction of sp³-hybridized carbons (Fsp3) is 0.200. The van der Waals surface area contributed by atoms with Gasteiger partial charge in [-0.15, -0.1) is 11.3 Å². The Balaban J connectivity index is 3.29. The lowest BCUT2D eigenvalue weighted by Crippen LogP contribution is -1.76. The number of hydrogen-bond acceptors (Lipinski definition) is 1. The molecule has 1 rings (SSSR count). The molecule has 0 N–H and O–H groups in total. The number of rotatable bonds is 0. The summed E-state index contributed by atoms with van der Waals surface area (Å²) in [5, 5.41) is 0. The molecular weight excluding hydrogens is 257 g/mol. The lowest BCUT2D eigenvalue weighted by atomic mass is 10.5. The number of aryl methyl sites for hydroxylation is 1. The number of thiophene rings is 1. The molecule has 0 aliphatic heterocycles. The Labute approximate surface area is 69.0 Å². The predicted octanol–water partition coefficient (Wildman–Crippen LogP) is 2.94. The van der Waals surface area contributed by atoms with Crippen LogP contribution in [0, 0.1) is 21.4 Å². The summed E-state index contributed by atoms with van der Waals surface area (Å²) in [7, 11) is 0. The van der Waals surface area contributed by atoms with Crippen molar-refractivity contribution in [3.63, 3.8) is 0 Å². The summed E-state index contributed by atoms with van der Waals surface area (Å²) in [6, 6.07) is 0. The van der Waals surface area contributed by atoms with E-state index in [2.05, 4.69) is 0 Å². The van der Waals surface area contributed by atoms with Gasteiger partial charge in [-0.1, -0.05) is 0 Å². The highest BCUT2D eigenvalue weighted by atomic mass is 127. The van der Waals surface area contributed by atoms with Crippen molar-refractivity contribution in [2.75, 3.05) is 0 Å². The first-order valence-electron chi connectivity index (χ1n) is 2.23. The van der Waals surface area contributed by atoms with Gasteiger partial charge in [0, 0.05) is 4.88 Å². The van der Waals surface area contributed by atoms with E-state index in [1.54, 1.807) is 29.5 Å². The van der Waals surface area contributed by atoms with Gasteiger partial charge in [0.25, 0.3) is 0 Å². The standard InChI is InChI=1S/C5H3F2IS/c1-2-3(6)4(7)5(8)9-2/h1H3. The Morgan fingerprint density at radius 1 is 1.33 bits per heavy atom. The van der Waals surface area contributed by atoms with Crippen molar-refractivity contribution in [1.82, 2.24) is 0 Å². The first-order valence-corrected chi connectivity index (χ1v) is 4.12. The van der Waals surface area contributed by atoms with Crippen LogP contribution in [0.5, 0.6) is 0 Å². The first kappa shape index (κ1) is 7.40. The number of halogens is 3. The van der Waals surface area contributed by atoms with Crippen molar-refractivity contribution in [3.05, 3.63) is 19.4 Å². The second kappa shape index (κ2) is 2.49. The summed E-state index contributed by atoms with van der Waals surface area (Å²) in [6.07, 6.45) is 0. The van der Waals surface area contributed by atoms with Gasteiger partial charge in [0.05, 0.1) is 0 Å². The maximum Gasteiger partial charge on any atom is 0.183 e. The molecule has 0 radical (unpaired) electrons. The molecule has 0 spiro atoms. The molecule has 9 heavy (non-hydrogen) atoms. The van der Waals surface area contributed by atoms with Gasteiger partial charge in [0.2, 0.25) is 0 Å².